The summed E-state index contributed by atoms with van der Waals surface area (Å²) in [5.41, 5.74) is 6.18. The Balaban J connectivity index is 1.85. The number of aromatic nitrogens is 4. The van der Waals surface area contributed by atoms with Crippen molar-refractivity contribution in [3.8, 4) is 0 Å². The maximum atomic E-state index is 12.6. The largest absolute Gasteiger partial charge is 0.377 e. The first kappa shape index (κ1) is 13.4. The number of hydrogen-bond acceptors (Lipinski definition) is 6. The minimum absolute atomic E-state index is 0.0838. The number of tetrazole rings is 1. The van der Waals surface area contributed by atoms with Gasteiger partial charge in [-0.3, -0.25) is 9.59 Å². The van der Waals surface area contributed by atoms with Gasteiger partial charge in [0.25, 0.3) is 5.91 Å². The topological polar surface area (TPSA) is 116 Å². The fraction of sp³-hybridized carbons (Fsp3) is 0.417. The Morgan fingerprint density at radius 3 is 3.14 bits per heavy atom. The standard InChI is InChI=1S/C12H14N6O3/c13-10(19)6-9-7-21-4-3-17(9)12(20)8-1-2-18-11(5-8)14-15-16-18/h1-2,5,9H,3-4,6-7H2,(H2,13,19). The summed E-state index contributed by atoms with van der Waals surface area (Å²) >= 11 is 0. The SMILES string of the molecule is NC(=O)CC1COCCN1C(=O)c1ccn2nnnc2c1. The summed E-state index contributed by atoms with van der Waals surface area (Å²) in [6.07, 6.45) is 1.70. The number of ether oxygens (including phenoxy) is 1. The summed E-state index contributed by atoms with van der Waals surface area (Å²) in [4.78, 5) is 25.3. The van der Waals surface area contributed by atoms with E-state index >= 15 is 0 Å². The maximum absolute atomic E-state index is 12.6. The van der Waals surface area contributed by atoms with Crippen LogP contribution in [0.2, 0.25) is 0 Å². The van der Waals surface area contributed by atoms with E-state index in [0.717, 1.165) is 0 Å². The summed E-state index contributed by atoms with van der Waals surface area (Å²) in [6.45, 7) is 1.17. The Bertz CT molecular complexity index is 684. The van der Waals surface area contributed by atoms with Crippen LogP contribution in [0.25, 0.3) is 5.65 Å². The molecule has 1 unspecified atom stereocenters. The fourth-order valence-electron chi connectivity index (χ4n) is 2.36. The van der Waals surface area contributed by atoms with E-state index in [1.165, 1.54) is 4.52 Å². The lowest BCUT2D eigenvalue weighted by molar-refractivity contribution is -0.120. The number of nitrogens with zero attached hydrogens (tertiary/aromatic N) is 5. The lowest BCUT2D eigenvalue weighted by Crippen LogP contribution is -2.50. The molecule has 2 amide bonds. The first-order valence-electron chi connectivity index (χ1n) is 6.50. The highest BCUT2D eigenvalue weighted by Crippen LogP contribution is 2.15. The quantitative estimate of drug-likeness (QED) is 0.762. The zero-order chi connectivity index (χ0) is 14.8. The van der Waals surface area contributed by atoms with Crippen LogP contribution in [-0.2, 0) is 9.53 Å². The molecule has 1 aliphatic heterocycles. The smallest absolute Gasteiger partial charge is 0.254 e. The van der Waals surface area contributed by atoms with Gasteiger partial charge < -0.3 is 15.4 Å². The van der Waals surface area contributed by atoms with Gasteiger partial charge in [-0.05, 0) is 22.6 Å². The van der Waals surface area contributed by atoms with Crippen molar-refractivity contribution in [2.24, 2.45) is 5.73 Å². The Kier molecular flexibility index (Phi) is 3.48. The number of carbonyl (C=O) groups excluding carboxylic acids is 2. The van der Waals surface area contributed by atoms with E-state index < -0.39 is 5.91 Å². The molecule has 0 bridgehead atoms. The lowest BCUT2D eigenvalue weighted by Gasteiger charge is -2.35. The van der Waals surface area contributed by atoms with Crippen molar-refractivity contribution in [1.82, 2.24) is 24.9 Å². The molecular weight excluding hydrogens is 276 g/mol. The van der Waals surface area contributed by atoms with Crippen LogP contribution in [0, 0.1) is 0 Å². The van der Waals surface area contributed by atoms with Crippen LogP contribution >= 0.6 is 0 Å². The van der Waals surface area contributed by atoms with Gasteiger partial charge in [-0.2, -0.15) is 0 Å². The predicted molar refractivity (Wildman–Crippen MR) is 70.2 cm³/mol. The lowest BCUT2D eigenvalue weighted by atomic mass is 10.1. The van der Waals surface area contributed by atoms with Gasteiger partial charge in [0, 0.05) is 24.7 Å². The molecule has 1 aliphatic rings. The Hall–Kier alpha value is -2.55. The number of rotatable bonds is 3. The van der Waals surface area contributed by atoms with E-state index in [1.54, 1.807) is 23.2 Å². The second-order valence-corrected chi connectivity index (χ2v) is 4.79. The van der Waals surface area contributed by atoms with Gasteiger partial charge in [0.1, 0.15) is 0 Å². The second kappa shape index (κ2) is 5.44. The zero-order valence-corrected chi connectivity index (χ0v) is 11.2. The third-order valence-corrected chi connectivity index (χ3v) is 3.37. The van der Waals surface area contributed by atoms with Crippen molar-refractivity contribution in [2.75, 3.05) is 19.8 Å². The fourth-order valence-corrected chi connectivity index (χ4v) is 2.36. The van der Waals surface area contributed by atoms with E-state index in [1.807, 2.05) is 0 Å². The van der Waals surface area contributed by atoms with Crippen molar-refractivity contribution >= 4 is 17.5 Å². The van der Waals surface area contributed by atoms with Crippen LogP contribution in [0.15, 0.2) is 18.3 Å². The number of carbonyl (C=O) groups is 2. The average molecular weight is 290 g/mol. The van der Waals surface area contributed by atoms with Gasteiger partial charge >= 0.3 is 0 Å². The van der Waals surface area contributed by atoms with Crippen LogP contribution in [0.4, 0.5) is 0 Å². The van der Waals surface area contributed by atoms with Gasteiger partial charge in [0.2, 0.25) is 5.91 Å². The van der Waals surface area contributed by atoms with Crippen LogP contribution in [0.5, 0.6) is 0 Å². The second-order valence-electron chi connectivity index (χ2n) is 4.79. The molecule has 110 valence electrons. The van der Waals surface area contributed by atoms with E-state index in [4.69, 9.17) is 10.5 Å². The molecule has 0 radical (unpaired) electrons. The molecule has 3 rings (SSSR count). The summed E-state index contributed by atoms with van der Waals surface area (Å²) in [6, 6.07) is 2.91. The first-order chi connectivity index (χ1) is 10.1. The predicted octanol–water partition coefficient (Wildman–Crippen LogP) is -1.16. The molecule has 3 heterocycles. The van der Waals surface area contributed by atoms with Crippen molar-refractivity contribution in [3.05, 3.63) is 23.9 Å². The van der Waals surface area contributed by atoms with E-state index in [9.17, 15) is 9.59 Å². The highest BCUT2D eigenvalue weighted by atomic mass is 16.5. The minimum Gasteiger partial charge on any atom is -0.377 e. The van der Waals surface area contributed by atoms with Gasteiger partial charge in [0.15, 0.2) is 5.65 Å². The van der Waals surface area contributed by atoms with E-state index in [2.05, 4.69) is 15.5 Å². The van der Waals surface area contributed by atoms with Gasteiger partial charge in [0.05, 0.1) is 19.3 Å². The monoisotopic (exact) mass is 290 g/mol. The number of hydrogen-bond donors (Lipinski definition) is 1. The number of primary amides is 1. The van der Waals surface area contributed by atoms with Crippen LogP contribution < -0.4 is 5.73 Å². The van der Waals surface area contributed by atoms with Gasteiger partial charge in [-0.15, -0.1) is 5.10 Å². The molecule has 2 aromatic heterocycles. The van der Waals surface area contributed by atoms with E-state index in [-0.39, 0.29) is 18.4 Å². The van der Waals surface area contributed by atoms with Crippen LogP contribution in [-0.4, -0.2) is 62.6 Å². The Morgan fingerprint density at radius 1 is 1.48 bits per heavy atom. The number of fused-ring (bicyclic) bond motifs is 1. The third-order valence-electron chi connectivity index (χ3n) is 3.37. The molecule has 1 saturated heterocycles. The minimum atomic E-state index is -0.458. The Labute approximate surface area is 119 Å². The molecule has 0 aliphatic carbocycles. The first-order valence-corrected chi connectivity index (χ1v) is 6.50. The van der Waals surface area contributed by atoms with Crippen molar-refractivity contribution in [2.45, 2.75) is 12.5 Å². The molecule has 21 heavy (non-hydrogen) atoms. The zero-order valence-electron chi connectivity index (χ0n) is 11.2. The highest BCUT2D eigenvalue weighted by Gasteiger charge is 2.29. The highest BCUT2D eigenvalue weighted by molar-refractivity contribution is 5.95. The molecule has 9 nitrogen and oxygen atoms in total. The molecule has 2 aromatic rings. The van der Waals surface area contributed by atoms with Crippen LogP contribution in [0.3, 0.4) is 0 Å². The summed E-state index contributed by atoms with van der Waals surface area (Å²) in [5.74, 6) is -0.643. The number of morpholine rings is 1. The van der Waals surface area contributed by atoms with E-state index in [0.29, 0.717) is 31.0 Å². The molecule has 0 aromatic carbocycles. The maximum Gasteiger partial charge on any atom is 0.254 e. The number of amides is 2. The third kappa shape index (κ3) is 2.68. The average Bonchev–Trinajstić information content (AvgIpc) is 2.94. The molecular formula is C12H14N6O3. The molecule has 9 heteroatoms. The molecule has 0 spiro atoms. The number of pyridine rings is 1. The van der Waals surface area contributed by atoms with Crippen molar-refractivity contribution in [3.63, 3.8) is 0 Å². The van der Waals surface area contributed by atoms with Gasteiger partial charge in [-0.1, -0.05) is 0 Å². The summed E-state index contributed by atoms with van der Waals surface area (Å²) in [7, 11) is 0. The van der Waals surface area contributed by atoms with Gasteiger partial charge in [-0.25, -0.2) is 4.52 Å². The molecule has 2 N–H and O–H groups in total. The molecule has 1 fully saturated rings. The summed E-state index contributed by atoms with van der Waals surface area (Å²) in [5, 5.41) is 11.1. The number of nitrogens with two attached hydrogens (primary N) is 1. The van der Waals surface area contributed by atoms with Crippen molar-refractivity contribution < 1.29 is 14.3 Å². The van der Waals surface area contributed by atoms with Crippen LogP contribution in [0.1, 0.15) is 16.8 Å². The molecule has 0 saturated carbocycles. The molecule has 1 atom stereocenters. The normalized spacial score (nSPS) is 18.9. The van der Waals surface area contributed by atoms with Crippen molar-refractivity contribution in [1.29, 1.82) is 0 Å². The Morgan fingerprint density at radius 2 is 2.33 bits per heavy atom. The summed E-state index contributed by atoms with van der Waals surface area (Å²) < 4.78 is 6.79.